The maximum absolute atomic E-state index is 2.61. The van der Waals surface area contributed by atoms with Gasteiger partial charge in [-0.15, -0.1) is 0 Å². The molecule has 0 N–H and O–H groups in total. The van der Waals surface area contributed by atoms with Gasteiger partial charge in [-0.05, 0) is 144 Å². The van der Waals surface area contributed by atoms with Crippen molar-refractivity contribution in [2.45, 2.75) is 13.1 Å². The van der Waals surface area contributed by atoms with E-state index in [-0.39, 0.29) is 0 Å². The number of hydrogen-bond donors (Lipinski definition) is 0. The van der Waals surface area contributed by atoms with Gasteiger partial charge in [-0.1, -0.05) is 195 Å². The molecule has 0 saturated heterocycles. The summed E-state index contributed by atoms with van der Waals surface area (Å²) in [5, 5.41) is 15.8. The zero-order valence-corrected chi connectivity index (χ0v) is 34.1. The van der Waals surface area contributed by atoms with E-state index in [9.17, 15) is 0 Å². The lowest BCUT2D eigenvalue weighted by molar-refractivity contribution is 1.63. The van der Waals surface area contributed by atoms with Gasteiger partial charge < -0.3 is 0 Å². The molecular formula is C58H40Si. The summed E-state index contributed by atoms with van der Waals surface area (Å²) in [6.45, 7) is 5.07. The average molecular weight is 765 g/mol. The van der Waals surface area contributed by atoms with Crippen LogP contribution in [-0.2, 0) is 0 Å². The first-order valence-electron chi connectivity index (χ1n) is 20.7. The van der Waals surface area contributed by atoms with E-state index in [0.717, 1.165) is 0 Å². The highest BCUT2D eigenvalue weighted by Gasteiger charge is 2.38. The van der Waals surface area contributed by atoms with Gasteiger partial charge in [0.2, 0.25) is 0 Å². The Hall–Kier alpha value is -7.06. The van der Waals surface area contributed by atoms with E-state index < -0.39 is 8.07 Å². The molecule has 59 heavy (non-hydrogen) atoms. The summed E-state index contributed by atoms with van der Waals surface area (Å²) < 4.78 is 0. The van der Waals surface area contributed by atoms with Gasteiger partial charge in [-0.3, -0.25) is 0 Å². The van der Waals surface area contributed by atoms with Gasteiger partial charge in [0, 0.05) is 0 Å². The van der Waals surface area contributed by atoms with Crippen LogP contribution in [0.3, 0.4) is 0 Å². The third-order valence-electron chi connectivity index (χ3n) is 13.2. The van der Waals surface area contributed by atoms with E-state index in [0.29, 0.717) is 0 Å². The highest BCUT2D eigenvalue weighted by Crippen LogP contribution is 2.48. The van der Waals surface area contributed by atoms with Crippen LogP contribution in [0.2, 0.25) is 13.1 Å². The molecule has 1 aliphatic rings. The quantitative estimate of drug-likeness (QED) is 0.124. The molecule has 0 fully saturated rings. The number of hydrogen-bond acceptors (Lipinski definition) is 0. The van der Waals surface area contributed by atoms with Crippen molar-refractivity contribution in [3.05, 3.63) is 206 Å². The molecule has 0 bridgehead atoms. The van der Waals surface area contributed by atoms with Gasteiger partial charge >= 0.3 is 0 Å². The molecule has 0 saturated carbocycles. The van der Waals surface area contributed by atoms with Crippen LogP contribution in [0.25, 0.3) is 109 Å². The third kappa shape index (κ3) is 5.22. The molecule has 1 heteroatoms. The van der Waals surface area contributed by atoms with E-state index >= 15 is 0 Å². The molecule has 276 valence electrons. The zero-order chi connectivity index (χ0) is 39.2. The maximum atomic E-state index is 2.61. The van der Waals surface area contributed by atoms with Crippen LogP contribution in [0.5, 0.6) is 0 Å². The lowest BCUT2D eigenvalue weighted by atomic mass is 9.83. The Kier molecular flexibility index (Phi) is 7.48. The van der Waals surface area contributed by atoms with Gasteiger partial charge in [0.15, 0.2) is 0 Å². The van der Waals surface area contributed by atoms with E-state index in [2.05, 4.69) is 219 Å². The predicted octanol–water partition coefficient (Wildman–Crippen LogP) is 14.9. The first kappa shape index (κ1) is 34.0. The molecule has 0 amide bonds. The molecule has 12 rings (SSSR count). The predicted molar refractivity (Wildman–Crippen MR) is 258 cm³/mol. The van der Waals surface area contributed by atoms with Crippen LogP contribution < -0.4 is 10.4 Å². The Balaban J connectivity index is 1.23. The summed E-state index contributed by atoms with van der Waals surface area (Å²) in [7, 11) is -1.99. The fourth-order valence-corrected chi connectivity index (χ4v) is 13.4. The molecular weight excluding hydrogens is 725 g/mol. The molecule has 0 unspecified atom stereocenters. The first-order chi connectivity index (χ1) is 29.0. The van der Waals surface area contributed by atoms with E-state index in [1.54, 1.807) is 0 Å². The van der Waals surface area contributed by atoms with Crippen LogP contribution in [0.15, 0.2) is 206 Å². The van der Waals surface area contributed by atoms with Gasteiger partial charge in [0.25, 0.3) is 0 Å². The Bertz CT molecular complexity index is 3520. The van der Waals surface area contributed by atoms with Gasteiger partial charge in [0.05, 0.1) is 0 Å². The van der Waals surface area contributed by atoms with Crippen molar-refractivity contribution in [1.82, 2.24) is 0 Å². The number of benzene rings is 11. The second-order valence-electron chi connectivity index (χ2n) is 16.8. The molecule has 0 aromatic heterocycles. The van der Waals surface area contributed by atoms with E-state index in [1.165, 1.54) is 120 Å². The topological polar surface area (TPSA) is 0 Å². The molecule has 0 aliphatic carbocycles. The summed E-state index contributed by atoms with van der Waals surface area (Å²) in [6, 6.07) is 77.6. The van der Waals surface area contributed by atoms with Crippen LogP contribution in [-0.4, -0.2) is 8.07 Å². The summed E-state index contributed by atoms with van der Waals surface area (Å²) in [6.07, 6.45) is 0. The van der Waals surface area contributed by atoms with Crippen LogP contribution >= 0.6 is 0 Å². The van der Waals surface area contributed by atoms with Crippen molar-refractivity contribution >= 4 is 72.3 Å². The smallest absolute Gasteiger partial charge is 0.0623 e. The maximum Gasteiger partial charge on any atom is 0.113 e. The number of fused-ring (bicyclic) bond motifs is 8. The van der Waals surface area contributed by atoms with Crippen molar-refractivity contribution in [3.8, 4) is 55.6 Å². The third-order valence-corrected chi connectivity index (χ3v) is 16.8. The molecule has 1 heterocycles. The van der Waals surface area contributed by atoms with Crippen LogP contribution in [0.1, 0.15) is 0 Å². The summed E-state index contributed by atoms with van der Waals surface area (Å²) in [4.78, 5) is 0. The SMILES string of the molecule is C[Si]1(C)c2ccccc2-c2cc3c(-c4ccc5ccccc5c4)c4ccc(-c5ccc(-c6ccccc6)c6ccccc56)cc4c(-c4ccc5ccccc5c4)c3cc21. The van der Waals surface area contributed by atoms with Crippen LogP contribution in [0, 0.1) is 0 Å². The molecule has 0 nitrogen and oxygen atoms in total. The Morgan fingerprint density at radius 1 is 0.254 bits per heavy atom. The highest BCUT2D eigenvalue weighted by atomic mass is 28.3. The lowest BCUT2D eigenvalue weighted by Gasteiger charge is -2.23. The standard InChI is InChI=1S/C58H40Si/c1-59(2)55-23-13-12-22-49(55)51-35-53-54(36-56(51)59)58(44-27-25-38-15-7-9-19-41(38)33-44)52-34-42(28-29-50(52)57(53)43-26-24-37-14-6-8-18-40(37)32-43)46-31-30-45(39-16-4-3-5-17-39)47-20-10-11-21-48(46)47/h3-36H,1-2H3. The average Bonchev–Trinajstić information content (AvgIpc) is 3.51. The van der Waals surface area contributed by atoms with Gasteiger partial charge in [-0.2, -0.15) is 0 Å². The Morgan fingerprint density at radius 3 is 1.44 bits per heavy atom. The Labute approximate surface area is 345 Å². The van der Waals surface area contributed by atoms with E-state index in [4.69, 9.17) is 0 Å². The molecule has 11 aromatic carbocycles. The molecule has 0 spiro atoms. The molecule has 11 aromatic rings. The minimum absolute atomic E-state index is 1.22. The van der Waals surface area contributed by atoms with Crippen LogP contribution in [0.4, 0.5) is 0 Å². The van der Waals surface area contributed by atoms with Crippen molar-refractivity contribution in [3.63, 3.8) is 0 Å². The fourth-order valence-electron chi connectivity index (χ4n) is 10.3. The first-order valence-corrected chi connectivity index (χ1v) is 23.7. The second kappa shape index (κ2) is 13.0. The summed E-state index contributed by atoms with van der Waals surface area (Å²) in [5.41, 5.74) is 12.9. The van der Waals surface area contributed by atoms with Crippen molar-refractivity contribution in [2.75, 3.05) is 0 Å². The van der Waals surface area contributed by atoms with Crippen molar-refractivity contribution < 1.29 is 0 Å². The molecule has 1 aliphatic heterocycles. The molecule has 0 atom stereocenters. The zero-order valence-electron chi connectivity index (χ0n) is 33.1. The fraction of sp³-hybridized carbons (Fsp3) is 0.0345. The van der Waals surface area contributed by atoms with Gasteiger partial charge in [-0.25, -0.2) is 0 Å². The van der Waals surface area contributed by atoms with E-state index in [1.807, 2.05) is 0 Å². The highest BCUT2D eigenvalue weighted by molar-refractivity contribution is 7.04. The Morgan fingerprint density at radius 2 is 0.763 bits per heavy atom. The normalized spacial score (nSPS) is 13.1. The minimum Gasteiger partial charge on any atom is -0.0623 e. The summed E-state index contributed by atoms with van der Waals surface area (Å²) >= 11 is 0. The minimum atomic E-state index is -1.99. The molecule has 0 radical (unpaired) electrons. The second-order valence-corrected chi connectivity index (χ2v) is 21.1. The monoisotopic (exact) mass is 764 g/mol. The largest absolute Gasteiger partial charge is 0.113 e. The van der Waals surface area contributed by atoms with Gasteiger partial charge in [0.1, 0.15) is 8.07 Å². The number of rotatable bonds is 4. The summed E-state index contributed by atoms with van der Waals surface area (Å²) in [5.74, 6) is 0. The lowest BCUT2D eigenvalue weighted by Crippen LogP contribution is -2.49. The van der Waals surface area contributed by atoms with Crippen molar-refractivity contribution in [1.29, 1.82) is 0 Å². The van der Waals surface area contributed by atoms with Crippen molar-refractivity contribution in [2.24, 2.45) is 0 Å².